The van der Waals surface area contributed by atoms with Gasteiger partial charge in [-0.25, -0.2) is 9.37 Å². The number of ether oxygens (including phenoxy) is 1. The van der Waals surface area contributed by atoms with E-state index in [0.717, 1.165) is 75.3 Å². The third kappa shape index (κ3) is 6.85. The van der Waals surface area contributed by atoms with Crippen LogP contribution in [0.3, 0.4) is 0 Å². The van der Waals surface area contributed by atoms with Gasteiger partial charge in [0.25, 0.3) is 0 Å². The number of nitrogens with zero attached hydrogens (tertiary/aromatic N) is 6. The largest absolute Gasteiger partial charge is 0.493 e. The standard InChI is InChI=1S/C27H40FN7O2/c1-4-33(5-2)18-25(36)34-14-6-7-21(11-15-34)23-17-30-27(35-19-31-32-26(23)35)29-13-10-22-12-16-37-24(22)9-8-20(3)28/h8-9,17,19-21H,4-7,10-16,18H2,1-3H3,(H,29,30)/b9-8-/t20?,21-/m1/s1. The van der Waals surface area contributed by atoms with E-state index in [0.29, 0.717) is 25.6 Å². The molecule has 0 saturated carbocycles. The Kier molecular flexibility index (Phi) is 9.49. The molecule has 1 unspecified atom stereocenters. The lowest BCUT2D eigenvalue weighted by Gasteiger charge is -2.25. The first kappa shape index (κ1) is 27.0. The minimum atomic E-state index is -0.995. The number of likely N-dealkylation sites (tertiary alicyclic amines) is 1. The van der Waals surface area contributed by atoms with Gasteiger partial charge < -0.3 is 15.0 Å². The molecule has 2 aromatic rings. The lowest BCUT2D eigenvalue weighted by Crippen LogP contribution is -2.40. The summed E-state index contributed by atoms with van der Waals surface area (Å²) in [6.45, 7) is 10.8. The molecule has 2 atom stereocenters. The molecule has 1 N–H and O–H groups in total. The van der Waals surface area contributed by atoms with E-state index >= 15 is 0 Å². The molecule has 1 saturated heterocycles. The first-order chi connectivity index (χ1) is 18.0. The molecule has 0 aliphatic carbocycles. The van der Waals surface area contributed by atoms with E-state index in [4.69, 9.17) is 9.72 Å². The molecule has 2 aromatic heterocycles. The lowest BCUT2D eigenvalue weighted by molar-refractivity contribution is -0.132. The summed E-state index contributed by atoms with van der Waals surface area (Å²) in [6.07, 6.45) is 10.4. The highest BCUT2D eigenvalue weighted by molar-refractivity contribution is 5.78. The first-order valence-corrected chi connectivity index (χ1v) is 13.6. The van der Waals surface area contributed by atoms with Crippen molar-refractivity contribution in [3.05, 3.63) is 41.6 Å². The highest BCUT2D eigenvalue weighted by atomic mass is 19.1. The number of hydrogen-bond acceptors (Lipinski definition) is 7. The summed E-state index contributed by atoms with van der Waals surface area (Å²) in [5, 5.41) is 12.0. The number of allylic oxidation sites excluding steroid dienone is 2. The Morgan fingerprint density at radius 3 is 2.95 bits per heavy atom. The Hall–Kier alpha value is -3.01. The number of carbonyl (C=O) groups is 1. The second-order valence-corrected chi connectivity index (χ2v) is 9.81. The summed E-state index contributed by atoms with van der Waals surface area (Å²) in [5.41, 5.74) is 3.08. The van der Waals surface area contributed by atoms with E-state index in [1.165, 1.54) is 18.6 Å². The zero-order valence-corrected chi connectivity index (χ0v) is 22.3. The van der Waals surface area contributed by atoms with Gasteiger partial charge in [0.2, 0.25) is 11.9 Å². The molecule has 2 aliphatic rings. The van der Waals surface area contributed by atoms with Crippen LogP contribution in [0.1, 0.15) is 64.4 Å². The van der Waals surface area contributed by atoms with Crippen molar-refractivity contribution in [3.8, 4) is 0 Å². The third-order valence-corrected chi connectivity index (χ3v) is 7.37. The summed E-state index contributed by atoms with van der Waals surface area (Å²) in [7, 11) is 0. The Bertz CT molecular complexity index is 1110. The maximum absolute atomic E-state index is 13.2. The number of amides is 1. The van der Waals surface area contributed by atoms with Crippen molar-refractivity contribution in [3.63, 3.8) is 0 Å². The smallest absolute Gasteiger partial charge is 0.236 e. The van der Waals surface area contributed by atoms with Crippen molar-refractivity contribution in [1.29, 1.82) is 0 Å². The number of hydrogen-bond donors (Lipinski definition) is 1. The highest BCUT2D eigenvalue weighted by Crippen LogP contribution is 2.31. The van der Waals surface area contributed by atoms with Crippen LogP contribution in [-0.2, 0) is 9.53 Å². The molecule has 9 nitrogen and oxygen atoms in total. The Labute approximate surface area is 218 Å². The minimum absolute atomic E-state index is 0.218. The normalized spacial score (nSPS) is 19.6. The number of carbonyl (C=O) groups excluding carboxylic acids is 1. The number of likely N-dealkylation sites (N-methyl/N-ethyl adjacent to an activating group) is 1. The van der Waals surface area contributed by atoms with Gasteiger partial charge in [-0.1, -0.05) is 13.8 Å². The van der Waals surface area contributed by atoms with Gasteiger partial charge in [-0.05, 0) is 69.3 Å². The SMILES string of the molecule is CCN(CC)CC(=O)N1CCC[C@@H](c2cnc(NCCC3=C(/C=C\C(C)F)OCC3)n3cnnc23)CC1. The molecule has 0 bridgehead atoms. The molecule has 1 fully saturated rings. The predicted octanol–water partition coefficient (Wildman–Crippen LogP) is 3.95. The number of aromatic nitrogens is 4. The second kappa shape index (κ2) is 13.0. The molecule has 2 aliphatic heterocycles. The van der Waals surface area contributed by atoms with Crippen molar-refractivity contribution in [2.75, 3.05) is 51.2 Å². The van der Waals surface area contributed by atoms with E-state index in [1.54, 1.807) is 12.4 Å². The molecule has 202 valence electrons. The molecule has 37 heavy (non-hydrogen) atoms. The van der Waals surface area contributed by atoms with Crippen LogP contribution in [0.15, 0.2) is 36.0 Å². The Balaban J connectivity index is 1.39. The molecule has 0 radical (unpaired) electrons. The van der Waals surface area contributed by atoms with Gasteiger partial charge in [-0.2, -0.15) is 0 Å². The number of nitrogens with one attached hydrogen (secondary N) is 1. The van der Waals surface area contributed by atoms with Crippen molar-refractivity contribution >= 4 is 17.5 Å². The van der Waals surface area contributed by atoms with Gasteiger partial charge >= 0.3 is 0 Å². The molecule has 10 heteroatoms. The van der Waals surface area contributed by atoms with E-state index < -0.39 is 6.17 Å². The van der Waals surface area contributed by atoms with Crippen molar-refractivity contribution in [1.82, 2.24) is 29.4 Å². The molecule has 1 amide bonds. The monoisotopic (exact) mass is 513 g/mol. The molecule has 0 aromatic carbocycles. The van der Waals surface area contributed by atoms with Gasteiger partial charge in [0.1, 0.15) is 18.3 Å². The maximum atomic E-state index is 13.2. The zero-order valence-electron chi connectivity index (χ0n) is 22.3. The number of anilines is 1. The summed E-state index contributed by atoms with van der Waals surface area (Å²) in [4.78, 5) is 21.7. The molecular weight excluding hydrogens is 473 g/mol. The van der Waals surface area contributed by atoms with Crippen molar-refractivity contribution in [2.45, 2.75) is 65.0 Å². The van der Waals surface area contributed by atoms with E-state index in [9.17, 15) is 9.18 Å². The lowest BCUT2D eigenvalue weighted by atomic mass is 9.94. The predicted molar refractivity (Wildman–Crippen MR) is 142 cm³/mol. The average Bonchev–Trinajstić information content (AvgIpc) is 3.50. The highest BCUT2D eigenvalue weighted by Gasteiger charge is 2.25. The van der Waals surface area contributed by atoms with E-state index in [-0.39, 0.29) is 11.8 Å². The van der Waals surface area contributed by atoms with Crippen LogP contribution < -0.4 is 5.32 Å². The molecule has 0 spiro atoms. The number of fused-ring (bicyclic) bond motifs is 1. The van der Waals surface area contributed by atoms with Crippen LogP contribution in [-0.4, -0.2) is 87.3 Å². The van der Waals surface area contributed by atoms with Crippen molar-refractivity contribution < 1.29 is 13.9 Å². The summed E-state index contributed by atoms with van der Waals surface area (Å²) < 4.78 is 20.7. The fourth-order valence-corrected chi connectivity index (χ4v) is 5.12. The van der Waals surface area contributed by atoms with Gasteiger partial charge in [0.15, 0.2) is 5.65 Å². The first-order valence-electron chi connectivity index (χ1n) is 13.6. The fourth-order valence-electron chi connectivity index (χ4n) is 5.12. The zero-order chi connectivity index (χ0) is 26.2. The van der Waals surface area contributed by atoms with Gasteiger partial charge in [-0.3, -0.25) is 14.1 Å². The quantitative estimate of drug-likeness (QED) is 0.487. The van der Waals surface area contributed by atoms with Crippen LogP contribution in [0.2, 0.25) is 0 Å². The van der Waals surface area contributed by atoms with Gasteiger partial charge in [0.05, 0.1) is 13.2 Å². The summed E-state index contributed by atoms with van der Waals surface area (Å²) >= 11 is 0. The molecular formula is C27H40FN7O2. The molecule has 4 rings (SSSR count). The fraction of sp³-hybridized carbons (Fsp3) is 0.630. The summed E-state index contributed by atoms with van der Waals surface area (Å²) in [6, 6.07) is 0. The Morgan fingerprint density at radius 1 is 1.32 bits per heavy atom. The molecule has 4 heterocycles. The number of rotatable bonds is 11. The number of alkyl halides is 1. The second-order valence-electron chi connectivity index (χ2n) is 9.81. The average molecular weight is 514 g/mol. The van der Waals surface area contributed by atoms with Gasteiger partial charge in [-0.15, -0.1) is 10.2 Å². The van der Waals surface area contributed by atoms with Crippen LogP contribution in [0, 0.1) is 0 Å². The topological polar surface area (TPSA) is 87.9 Å². The van der Waals surface area contributed by atoms with Crippen LogP contribution in [0.4, 0.5) is 10.3 Å². The minimum Gasteiger partial charge on any atom is -0.493 e. The van der Waals surface area contributed by atoms with E-state index in [1.807, 2.05) is 15.5 Å². The van der Waals surface area contributed by atoms with Crippen molar-refractivity contribution in [2.24, 2.45) is 0 Å². The maximum Gasteiger partial charge on any atom is 0.236 e. The summed E-state index contributed by atoms with van der Waals surface area (Å²) in [5.74, 6) is 1.98. The third-order valence-electron chi connectivity index (χ3n) is 7.37. The Morgan fingerprint density at radius 2 is 2.16 bits per heavy atom. The van der Waals surface area contributed by atoms with Crippen LogP contribution >= 0.6 is 0 Å². The van der Waals surface area contributed by atoms with Crippen LogP contribution in [0.5, 0.6) is 0 Å². The van der Waals surface area contributed by atoms with Crippen LogP contribution in [0.25, 0.3) is 5.65 Å². The van der Waals surface area contributed by atoms with E-state index in [2.05, 4.69) is 34.3 Å². The number of halogens is 1. The van der Waals surface area contributed by atoms with Gasteiger partial charge in [0, 0.05) is 37.8 Å².